The van der Waals surface area contributed by atoms with Crippen LogP contribution in [0, 0.1) is 0 Å². The Morgan fingerprint density at radius 1 is 1.26 bits per heavy atom. The second-order valence-electron chi connectivity index (χ2n) is 4.98. The number of rotatable bonds is 3. The van der Waals surface area contributed by atoms with Gasteiger partial charge in [-0.15, -0.1) is 0 Å². The number of fused-ring (bicyclic) bond motifs is 1. The first-order chi connectivity index (χ1) is 11.0. The van der Waals surface area contributed by atoms with E-state index >= 15 is 0 Å². The third-order valence-corrected chi connectivity index (χ3v) is 3.27. The molecule has 2 amide bonds. The molecule has 2 heterocycles. The molecule has 116 valence electrons. The van der Waals surface area contributed by atoms with Gasteiger partial charge in [-0.1, -0.05) is 0 Å². The number of carbonyl (C=O) groups is 2. The van der Waals surface area contributed by atoms with Crippen molar-refractivity contribution in [2.45, 2.75) is 0 Å². The van der Waals surface area contributed by atoms with Gasteiger partial charge in [0, 0.05) is 24.1 Å². The predicted molar refractivity (Wildman–Crippen MR) is 85.2 cm³/mol. The SMILES string of the molecule is NC(=O)CN1C(=O)/C(=C\c2ccncc2)Oc2cc(N)ccc21. The summed E-state index contributed by atoms with van der Waals surface area (Å²) in [6, 6.07) is 8.31. The summed E-state index contributed by atoms with van der Waals surface area (Å²) in [4.78, 5) is 29.1. The fourth-order valence-corrected chi connectivity index (χ4v) is 2.26. The molecule has 0 spiro atoms. The molecule has 7 nitrogen and oxygen atoms in total. The van der Waals surface area contributed by atoms with Crippen LogP contribution in [0.3, 0.4) is 0 Å². The molecule has 0 unspecified atom stereocenters. The van der Waals surface area contributed by atoms with Gasteiger partial charge in [0.1, 0.15) is 6.54 Å². The number of nitrogens with two attached hydrogens (primary N) is 2. The summed E-state index contributed by atoms with van der Waals surface area (Å²) in [5, 5.41) is 0. The van der Waals surface area contributed by atoms with Crippen molar-refractivity contribution < 1.29 is 14.3 Å². The Balaban J connectivity index is 2.06. The van der Waals surface area contributed by atoms with E-state index in [2.05, 4.69) is 4.98 Å². The molecule has 7 heteroatoms. The minimum Gasteiger partial charge on any atom is -0.449 e. The first kappa shape index (κ1) is 14.6. The largest absolute Gasteiger partial charge is 0.449 e. The van der Waals surface area contributed by atoms with Crippen LogP contribution in [0.5, 0.6) is 5.75 Å². The molecule has 0 bridgehead atoms. The fourth-order valence-electron chi connectivity index (χ4n) is 2.26. The Bertz CT molecular complexity index is 802. The number of aromatic nitrogens is 1. The van der Waals surface area contributed by atoms with Gasteiger partial charge in [-0.2, -0.15) is 0 Å². The summed E-state index contributed by atoms with van der Waals surface area (Å²) in [5.41, 5.74) is 12.7. The third kappa shape index (κ3) is 2.98. The third-order valence-electron chi connectivity index (χ3n) is 3.27. The lowest BCUT2D eigenvalue weighted by atomic mass is 10.1. The quantitative estimate of drug-likeness (QED) is 0.646. The molecule has 1 aromatic carbocycles. The topological polar surface area (TPSA) is 112 Å². The smallest absolute Gasteiger partial charge is 0.294 e. The van der Waals surface area contributed by atoms with Crippen LogP contribution in [-0.2, 0) is 9.59 Å². The van der Waals surface area contributed by atoms with Crippen LogP contribution in [-0.4, -0.2) is 23.3 Å². The van der Waals surface area contributed by atoms with E-state index in [0.29, 0.717) is 17.1 Å². The molecule has 0 saturated carbocycles. The highest BCUT2D eigenvalue weighted by atomic mass is 16.5. The fraction of sp³-hybridized carbons (Fsp3) is 0.0625. The van der Waals surface area contributed by atoms with Gasteiger partial charge >= 0.3 is 0 Å². The molecule has 3 rings (SSSR count). The van der Waals surface area contributed by atoms with Gasteiger partial charge in [0.2, 0.25) is 5.91 Å². The zero-order valence-corrected chi connectivity index (χ0v) is 12.1. The van der Waals surface area contributed by atoms with Gasteiger partial charge in [-0.05, 0) is 35.9 Å². The monoisotopic (exact) mass is 310 g/mol. The van der Waals surface area contributed by atoms with Crippen molar-refractivity contribution in [2.75, 3.05) is 17.2 Å². The number of anilines is 2. The lowest BCUT2D eigenvalue weighted by Crippen LogP contribution is -2.42. The molecule has 2 aromatic rings. The molecule has 0 atom stereocenters. The maximum atomic E-state index is 12.6. The minimum absolute atomic E-state index is 0.0792. The van der Waals surface area contributed by atoms with E-state index in [-0.39, 0.29) is 12.3 Å². The summed E-state index contributed by atoms with van der Waals surface area (Å²) in [7, 11) is 0. The maximum absolute atomic E-state index is 12.6. The van der Waals surface area contributed by atoms with Gasteiger partial charge in [-0.25, -0.2) is 0 Å². The Morgan fingerprint density at radius 2 is 2.00 bits per heavy atom. The van der Waals surface area contributed by atoms with Crippen LogP contribution in [0.4, 0.5) is 11.4 Å². The second kappa shape index (κ2) is 5.80. The first-order valence-electron chi connectivity index (χ1n) is 6.84. The van der Waals surface area contributed by atoms with E-state index in [1.54, 1.807) is 48.8 Å². The number of nitrogen functional groups attached to an aromatic ring is 1. The maximum Gasteiger partial charge on any atom is 0.294 e. The lowest BCUT2D eigenvalue weighted by Gasteiger charge is -2.29. The van der Waals surface area contributed by atoms with Crippen molar-refractivity contribution in [3.63, 3.8) is 0 Å². The number of pyridine rings is 1. The number of nitrogens with zero attached hydrogens (tertiary/aromatic N) is 2. The molecule has 0 saturated heterocycles. The average Bonchev–Trinajstić information content (AvgIpc) is 2.52. The minimum atomic E-state index is -0.619. The molecule has 0 aliphatic carbocycles. The van der Waals surface area contributed by atoms with Crippen LogP contribution < -0.4 is 21.1 Å². The van der Waals surface area contributed by atoms with Crippen LogP contribution >= 0.6 is 0 Å². The molecule has 0 fully saturated rings. The van der Waals surface area contributed by atoms with Crippen LogP contribution in [0.2, 0.25) is 0 Å². The van der Waals surface area contributed by atoms with E-state index in [4.69, 9.17) is 16.2 Å². The summed E-state index contributed by atoms with van der Waals surface area (Å²) in [5.74, 6) is -0.592. The summed E-state index contributed by atoms with van der Waals surface area (Å²) in [6.07, 6.45) is 4.78. The highest BCUT2D eigenvalue weighted by molar-refractivity contribution is 6.12. The molecular weight excluding hydrogens is 296 g/mol. The van der Waals surface area contributed by atoms with Gasteiger partial charge in [0.05, 0.1) is 5.69 Å². The van der Waals surface area contributed by atoms with Crippen molar-refractivity contribution in [1.29, 1.82) is 0 Å². The summed E-state index contributed by atoms with van der Waals surface area (Å²) >= 11 is 0. The van der Waals surface area contributed by atoms with Crippen molar-refractivity contribution in [2.24, 2.45) is 5.73 Å². The van der Waals surface area contributed by atoms with Crippen LogP contribution in [0.25, 0.3) is 6.08 Å². The molecule has 23 heavy (non-hydrogen) atoms. The summed E-state index contributed by atoms with van der Waals surface area (Å²) < 4.78 is 5.66. The van der Waals surface area contributed by atoms with Crippen LogP contribution in [0.15, 0.2) is 48.5 Å². The van der Waals surface area contributed by atoms with Crippen molar-refractivity contribution >= 4 is 29.3 Å². The second-order valence-corrected chi connectivity index (χ2v) is 4.98. The van der Waals surface area contributed by atoms with Crippen molar-refractivity contribution in [3.8, 4) is 5.75 Å². The van der Waals surface area contributed by atoms with Crippen molar-refractivity contribution in [1.82, 2.24) is 4.98 Å². The molecule has 1 aromatic heterocycles. The highest BCUT2D eigenvalue weighted by Gasteiger charge is 2.31. The number of primary amides is 1. The number of amides is 2. The van der Waals surface area contributed by atoms with E-state index in [1.165, 1.54) is 4.90 Å². The van der Waals surface area contributed by atoms with Gasteiger partial charge < -0.3 is 16.2 Å². The van der Waals surface area contributed by atoms with Crippen LogP contribution in [0.1, 0.15) is 5.56 Å². The molecule has 0 radical (unpaired) electrons. The number of ether oxygens (including phenoxy) is 1. The Morgan fingerprint density at radius 3 is 2.70 bits per heavy atom. The van der Waals surface area contributed by atoms with Gasteiger partial charge in [0.15, 0.2) is 11.5 Å². The zero-order chi connectivity index (χ0) is 16.4. The molecule has 1 aliphatic rings. The molecule has 1 aliphatic heterocycles. The average molecular weight is 310 g/mol. The van der Waals surface area contributed by atoms with E-state index in [0.717, 1.165) is 5.56 Å². The predicted octanol–water partition coefficient (Wildman–Crippen LogP) is 0.916. The highest BCUT2D eigenvalue weighted by Crippen LogP contribution is 2.37. The number of carbonyl (C=O) groups excluding carboxylic acids is 2. The van der Waals surface area contributed by atoms with Gasteiger partial charge in [-0.3, -0.25) is 19.5 Å². The van der Waals surface area contributed by atoms with Crippen molar-refractivity contribution in [3.05, 3.63) is 54.0 Å². The normalized spacial score (nSPS) is 15.2. The number of hydrogen-bond donors (Lipinski definition) is 2. The van der Waals surface area contributed by atoms with E-state index in [9.17, 15) is 9.59 Å². The standard InChI is InChI=1S/C16H14N4O3/c17-11-1-2-12-13(8-11)23-14(7-10-3-5-19-6-4-10)16(22)20(12)9-15(18)21/h1-8H,9,17H2,(H2,18,21)/b14-7+. The first-order valence-corrected chi connectivity index (χ1v) is 6.84. The zero-order valence-electron chi connectivity index (χ0n) is 12.1. The summed E-state index contributed by atoms with van der Waals surface area (Å²) in [6.45, 7) is -0.243. The number of benzene rings is 1. The molecule has 4 N–H and O–H groups in total. The van der Waals surface area contributed by atoms with Gasteiger partial charge in [0.25, 0.3) is 5.91 Å². The Hall–Kier alpha value is -3.35. The Labute approximate surface area is 132 Å². The lowest BCUT2D eigenvalue weighted by molar-refractivity contribution is -0.121. The molecular formula is C16H14N4O3. The number of hydrogen-bond acceptors (Lipinski definition) is 5. The van der Waals surface area contributed by atoms with E-state index in [1.807, 2.05) is 0 Å². The Kier molecular flexibility index (Phi) is 3.68. The van der Waals surface area contributed by atoms with E-state index < -0.39 is 11.8 Å².